The molecule has 0 bridgehead atoms. The van der Waals surface area contributed by atoms with Crippen LogP contribution in [0.3, 0.4) is 0 Å². The second kappa shape index (κ2) is 6.63. The van der Waals surface area contributed by atoms with E-state index in [0.717, 1.165) is 0 Å². The first-order chi connectivity index (χ1) is 8.20. The highest BCUT2D eigenvalue weighted by molar-refractivity contribution is 8.77. The zero-order valence-corrected chi connectivity index (χ0v) is 12.7. The van der Waals surface area contributed by atoms with Gasteiger partial charge in [-0.25, -0.2) is 0 Å². The van der Waals surface area contributed by atoms with Crippen LogP contribution in [0.2, 0.25) is 0 Å². The van der Waals surface area contributed by atoms with Crippen LogP contribution in [0.1, 0.15) is 13.3 Å². The van der Waals surface area contributed by atoms with Gasteiger partial charge < -0.3 is 4.90 Å². The normalized spacial score (nSPS) is 32.5. The van der Waals surface area contributed by atoms with Crippen LogP contribution in [0.25, 0.3) is 0 Å². The summed E-state index contributed by atoms with van der Waals surface area (Å²) in [6.45, 7) is 8.37. The molecule has 2 atom stereocenters. The van der Waals surface area contributed by atoms with Gasteiger partial charge in [-0.3, -0.25) is 15.1 Å². The fourth-order valence-corrected chi connectivity index (χ4v) is 5.24. The van der Waals surface area contributed by atoms with E-state index in [9.17, 15) is 0 Å². The molecule has 0 aromatic rings. The predicted molar refractivity (Wildman–Crippen MR) is 77.9 cm³/mol. The van der Waals surface area contributed by atoms with E-state index in [1.165, 1.54) is 39.1 Å². The van der Waals surface area contributed by atoms with Crippen molar-refractivity contribution < 1.29 is 0 Å². The first kappa shape index (κ1) is 14.0. The Morgan fingerprint density at radius 2 is 1.88 bits per heavy atom. The average molecular weight is 276 g/mol. The zero-order valence-electron chi connectivity index (χ0n) is 11.1. The Morgan fingerprint density at radius 3 is 2.41 bits per heavy atom. The predicted octanol–water partition coefficient (Wildman–Crippen LogP) is 1.13. The second-order valence-electron chi connectivity index (χ2n) is 4.91. The zero-order chi connectivity index (χ0) is 12.3. The number of nitrogens with one attached hydrogen (secondary N) is 1. The maximum atomic E-state index is 3.67. The van der Waals surface area contributed by atoms with Gasteiger partial charge in [0.05, 0.1) is 0 Å². The van der Waals surface area contributed by atoms with Crippen LogP contribution in [-0.4, -0.2) is 72.5 Å². The van der Waals surface area contributed by atoms with E-state index in [1.54, 1.807) is 0 Å². The highest BCUT2D eigenvalue weighted by atomic mass is 33.1. The Hall–Kier alpha value is 0.540. The number of rotatable bonds is 4. The summed E-state index contributed by atoms with van der Waals surface area (Å²) in [5, 5.41) is 3.67. The lowest BCUT2D eigenvalue weighted by atomic mass is 10.3. The maximum absolute atomic E-state index is 3.67. The molecule has 0 aromatic carbocycles. The number of nitrogens with zero attached hydrogens (tertiary/aromatic N) is 3. The van der Waals surface area contributed by atoms with Gasteiger partial charge in [-0.1, -0.05) is 28.5 Å². The van der Waals surface area contributed by atoms with Gasteiger partial charge in [-0.05, 0) is 27.1 Å². The van der Waals surface area contributed by atoms with E-state index in [-0.39, 0.29) is 0 Å². The van der Waals surface area contributed by atoms with Crippen molar-refractivity contribution in [1.82, 2.24) is 20.0 Å². The van der Waals surface area contributed by atoms with Crippen LogP contribution in [0, 0.1) is 0 Å². The van der Waals surface area contributed by atoms with Crippen molar-refractivity contribution in [2.75, 3.05) is 46.8 Å². The molecular formula is C11H24N4S2. The Balaban J connectivity index is 1.74. The largest absolute Gasteiger partial charge is 0.301 e. The smallest absolute Gasteiger partial charge is 0.120 e. The summed E-state index contributed by atoms with van der Waals surface area (Å²) < 4.78 is 0. The number of piperazine rings is 1. The summed E-state index contributed by atoms with van der Waals surface area (Å²) in [6.07, 6.45) is 1.27. The van der Waals surface area contributed by atoms with Gasteiger partial charge in [0, 0.05) is 26.2 Å². The molecule has 6 heteroatoms. The molecule has 17 heavy (non-hydrogen) atoms. The lowest BCUT2D eigenvalue weighted by Crippen LogP contribution is -2.54. The fraction of sp³-hybridized carbons (Fsp3) is 1.00. The number of hydrogen-bond acceptors (Lipinski definition) is 6. The maximum Gasteiger partial charge on any atom is 0.120 e. The first-order valence-corrected chi connectivity index (χ1v) is 8.69. The minimum atomic E-state index is 0.457. The molecule has 0 radical (unpaired) electrons. The van der Waals surface area contributed by atoms with Crippen molar-refractivity contribution in [1.29, 1.82) is 0 Å². The molecule has 0 aromatic heterocycles. The molecular weight excluding hydrogens is 252 g/mol. The van der Waals surface area contributed by atoms with Gasteiger partial charge in [-0.2, -0.15) is 0 Å². The molecule has 0 amide bonds. The van der Waals surface area contributed by atoms with Gasteiger partial charge in [0.1, 0.15) is 11.0 Å². The topological polar surface area (TPSA) is 21.8 Å². The van der Waals surface area contributed by atoms with Crippen LogP contribution in [-0.2, 0) is 0 Å². The lowest BCUT2D eigenvalue weighted by Gasteiger charge is -2.37. The Morgan fingerprint density at radius 1 is 1.18 bits per heavy atom. The van der Waals surface area contributed by atoms with Crippen molar-refractivity contribution in [3.8, 4) is 0 Å². The van der Waals surface area contributed by atoms with Crippen molar-refractivity contribution in [3.05, 3.63) is 0 Å². The number of hydrogen-bond donors (Lipinski definition) is 1. The van der Waals surface area contributed by atoms with E-state index in [4.69, 9.17) is 0 Å². The minimum Gasteiger partial charge on any atom is -0.301 e. The van der Waals surface area contributed by atoms with Crippen molar-refractivity contribution in [2.24, 2.45) is 0 Å². The van der Waals surface area contributed by atoms with Crippen LogP contribution >= 0.6 is 21.6 Å². The van der Waals surface area contributed by atoms with Gasteiger partial charge >= 0.3 is 0 Å². The van der Waals surface area contributed by atoms with E-state index < -0.39 is 0 Å². The molecule has 2 aliphatic heterocycles. The SMILES string of the molecule is CCCN1CCN(C2NC(N(C)C)SS2)CC1. The van der Waals surface area contributed by atoms with E-state index in [2.05, 4.69) is 41.0 Å². The monoisotopic (exact) mass is 276 g/mol. The summed E-state index contributed by atoms with van der Waals surface area (Å²) in [5.74, 6) is 0. The van der Waals surface area contributed by atoms with Gasteiger partial charge in [0.15, 0.2) is 0 Å². The molecule has 0 spiro atoms. The van der Waals surface area contributed by atoms with E-state index in [1.807, 2.05) is 21.6 Å². The minimum absolute atomic E-state index is 0.457. The molecule has 2 rings (SSSR count). The van der Waals surface area contributed by atoms with E-state index >= 15 is 0 Å². The molecule has 1 N–H and O–H groups in total. The molecule has 2 heterocycles. The molecule has 2 saturated heterocycles. The average Bonchev–Trinajstić information content (AvgIpc) is 2.80. The fourth-order valence-electron chi connectivity index (χ4n) is 2.22. The summed E-state index contributed by atoms with van der Waals surface area (Å²) in [6, 6.07) is 0. The highest BCUT2D eigenvalue weighted by Crippen LogP contribution is 2.38. The summed E-state index contributed by atoms with van der Waals surface area (Å²) >= 11 is 0. The van der Waals surface area contributed by atoms with Gasteiger partial charge in [-0.15, -0.1) is 0 Å². The molecule has 0 aliphatic carbocycles. The second-order valence-corrected chi connectivity index (χ2v) is 7.34. The molecule has 2 unspecified atom stereocenters. The Labute approximate surface area is 113 Å². The highest BCUT2D eigenvalue weighted by Gasteiger charge is 2.32. The standard InChI is InChI=1S/C11H24N4S2/c1-4-5-14-6-8-15(9-7-14)11-12-10(13(2)3)16-17-11/h10-12H,4-9H2,1-3H3. The third-order valence-corrected chi connectivity index (χ3v) is 6.17. The van der Waals surface area contributed by atoms with Crippen molar-refractivity contribution in [2.45, 2.75) is 24.3 Å². The first-order valence-electron chi connectivity index (χ1n) is 6.41. The van der Waals surface area contributed by atoms with Crippen LogP contribution in [0.15, 0.2) is 0 Å². The molecule has 0 saturated carbocycles. The summed E-state index contributed by atoms with van der Waals surface area (Å²) in [7, 11) is 8.17. The Kier molecular flexibility index (Phi) is 5.45. The van der Waals surface area contributed by atoms with Gasteiger partial charge in [0.2, 0.25) is 0 Å². The summed E-state index contributed by atoms with van der Waals surface area (Å²) in [4.78, 5) is 7.39. The van der Waals surface area contributed by atoms with Gasteiger partial charge in [0.25, 0.3) is 0 Å². The third kappa shape index (κ3) is 3.75. The van der Waals surface area contributed by atoms with E-state index in [0.29, 0.717) is 11.0 Å². The molecule has 2 aliphatic rings. The van der Waals surface area contributed by atoms with Crippen LogP contribution < -0.4 is 5.32 Å². The Bertz CT molecular complexity index is 232. The molecule has 100 valence electrons. The third-order valence-electron chi connectivity index (χ3n) is 3.27. The lowest BCUT2D eigenvalue weighted by molar-refractivity contribution is 0.108. The quantitative estimate of drug-likeness (QED) is 0.772. The van der Waals surface area contributed by atoms with Crippen molar-refractivity contribution in [3.63, 3.8) is 0 Å². The molecule has 4 nitrogen and oxygen atoms in total. The van der Waals surface area contributed by atoms with Crippen molar-refractivity contribution >= 4 is 21.6 Å². The van der Waals surface area contributed by atoms with Crippen LogP contribution in [0.5, 0.6) is 0 Å². The summed E-state index contributed by atoms with van der Waals surface area (Å²) in [5.41, 5.74) is 0.954. The molecule has 2 fully saturated rings. The van der Waals surface area contributed by atoms with Crippen LogP contribution in [0.4, 0.5) is 0 Å².